The van der Waals surface area contributed by atoms with E-state index in [2.05, 4.69) is 51.3 Å². The fraction of sp³-hybridized carbons (Fsp3) is 0.963. The molecule has 0 saturated heterocycles. The first-order chi connectivity index (χ1) is 16.4. The van der Waals surface area contributed by atoms with Gasteiger partial charge in [-0.3, -0.25) is 8.98 Å². The lowest BCUT2D eigenvalue weighted by atomic mass is 10.0. The third kappa shape index (κ3) is 26.2. The van der Waals surface area contributed by atoms with Crippen molar-refractivity contribution >= 4 is 16.3 Å². The van der Waals surface area contributed by atoms with Crippen LogP contribution in [-0.2, 0) is 19.4 Å². The van der Waals surface area contributed by atoms with Gasteiger partial charge in [0.05, 0.1) is 27.2 Å². The Bertz CT molecular complexity index is 594. The van der Waals surface area contributed by atoms with Crippen molar-refractivity contribution in [1.29, 1.82) is 0 Å². The fourth-order valence-corrected chi connectivity index (χ4v) is 4.29. The van der Waals surface area contributed by atoms with Crippen LogP contribution in [0, 0.1) is 5.92 Å². The quantitative estimate of drug-likeness (QED) is 0.0607. The summed E-state index contributed by atoms with van der Waals surface area (Å²) in [4.78, 5) is 12.2. The van der Waals surface area contributed by atoms with E-state index >= 15 is 0 Å². The Hall–Kier alpha value is -0.700. The van der Waals surface area contributed by atoms with Crippen molar-refractivity contribution in [1.82, 2.24) is 5.32 Å². The number of nitrogens with one attached hydrogen (secondary N) is 1. The third-order valence-electron chi connectivity index (χ3n) is 6.57. The molecule has 0 bridgehead atoms. The second-order valence-electron chi connectivity index (χ2n) is 10.6. The molecule has 0 aromatic rings. The molecular weight excluding hydrogens is 464 g/mol. The van der Waals surface area contributed by atoms with Crippen LogP contribution in [0.2, 0.25) is 0 Å². The summed E-state index contributed by atoms with van der Waals surface area (Å²) in [5.41, 5.74) is 0. The minimum Gasteiger partial charge on any atom is -0.726 e. The molecule has 1 amide bonds. The molecule has 0 saturated carbocycles. The monoisotopic (exact) mass is 522 g/mol. The maximum absolute atomic E-state index is 12.2. The van der Waals surface area contributed by atoms with Gasteiger partial charge in [-0.15, -0.1) is 0 Å². The molecule has 0 aromatic carbocycles. The molecule has 1 N–H and O–H groups in total. The van der Waals surface area contributed by atoms with Gasteiger partial charge in [-0.05, 0) is 26.2 Å². The Morgan fingerprint density at radius 1 is 0.829 bits per heavy atom. The van der Waals surface area contributed by atoms with E-state index in [1.807, 2.05) is 0 Å². The highest BCUT2D eigenvalue weighted by Crippen LogP contribution is 2.14. The fourth-order valence-electron chi connectivity index (χ4n) is 4.00. The number of carbonyl (C=O) groups excluding carboxylic acids is 1. The number of carbonyl (C=O) groups is 1. The average Bonchev–Trinajstić information content (AvgIpc) is 2.76. The van der Waals surface area contributed by atoms with E-state index in [1.165, 1.54) is 84.0 Å². The first kappa shape index (κ1) is 36.5. The van der Waals surface area contributed by atoms with E-state index in [9.17, 15) is 17.8 Å². The molecule has 1 unspecified atom stereocenters. The normalized spacial score (nSPS) is 12.8. The van der Waals surface area contributed by atoms with E-state index in [1.54, 1.807) is 0 Å². The lowest BCUT2D eigenvalue weighted by molar-refractivity contribution is -0.915. The van der Waals surface area contributed by atoms with Crippen molar-refractivity contribution in [3.05, 3.63) is 0 Å². The van der Waals surface area contributed by atoms with Crippen molar-refractivity contribution in [2.75, 3.05) is 27.2 Å². The van der Waals surface area contributed by atoms with E-state index in [-0.39, 0.29) is 18.7 Å². The summed E-state index contributed by atoms with van der Waals surface area (Å²) >= 11 is 0. The summed E-state index contributed by atoms with van der Waals surface area (Å²) < 4.78 is 32.9. The van der Waals surface area contributed by atoms with Crippen LogP contribution in [0.1, 0.15) is 131 Å². The van der Waals surface area contributed by atoms with Gasteiger partial charge in [0.1, 0.15) is 0 Å². The Balaban J connectivity index is 0. The van der Waals surface area contributed by atoms with Crippen LogP contribution in [0.25, 0.3) is 0 Å². The van der Waals surface area contributed by atoms with E-state index in [0.717, 1.165) is 29.8 Å². The number of nitrogens with zero attached hydrogens (tertiary/aromatic N) is 1. The maximum atomic E-state index is 12.2. The van der Waals surface area contributed by atoms with Crippen molar-refractivity contribution in [3.8, 4) is 0 Å². The molecular formula is C27H58N2O5S. The summed E-state index contributed by atoms with van der Waals surface area (Å²) in [7, 11) is -0.0327. The number of hydrogen-bond donors (Lipinski definition) is 1. The first-order valence-electron chi connectivity index (χ1n) is 14.1. The molecule has 0 fully saturated rings. The van der Waals surface area contributed by atoms with Gasteiger partial charge in [-0.1, -0.05) is 97.8 Å². The van der Waals surface area contributed by atoms with Crippen LogP contribution in [0.3, 0.4) is 0 Å². The summed E-state index contributed by atoms with van der Waals surface area (Å²) in [5, 5.41) is 3.24. The molecule has 0 aliphatic heterocycles. The predicted octanol–water partition coefficient (Wildman–Crippen LogP) is 6.54. The van der Waals surface area contributed by atoms with Crippen molar-refractivity contribution in [2.45, 2.75) is 137 Å². The average molecular weight is 523 g/mol. The van der Waals surface area contributed by atoms with Crippen LogP contribution in [0.15, 0.2) is 0 Å². The van der Waals surface area contributed by atoms with Gasteiger partial charge >= 0.3 is 0 Å². The molecule has 35 heavy (non-hydrogen) atoms. The molecule has 8 heteroatoms. The van der Waals surface area contributed by atoms with Crippen LogP contribution in [-0.4, -0.2) is 56.8 Å². The zero-order valence-corrected chi connectivity index (χ0v) is 24.9. The molecule has 0 heterocycles. The minimum absolute atomic E-state index is 0.0914. The maximum Gasteiger partial charge on any atom is 0.224 e. The Morgan fingerprint density at radius 2 is 1.26 bits per heavy atom. The molecule has 0 radical (unpaired) electrons. The number of quaternary nitrogens is 1. The highest BCUT2D eigenvalue weighted by atomic mass is 32.3. The summed E-state index contributed by atoms with van der Waals surface area (Å²) in [6.07, 6.45) is 19.5. The third-order valence-corrected chi connectivity index (χ3v) is 7.09. The Kier molecular flexibility index (Phi) is 23.4. The predicted molar refractivity (Wildman–Crippen MR) is 146 cm³/mol. The van der Waals surface area contributed by atoms with E-state index in [4.69, 9.17) is 0 Å². The standard InChI is InChI=1S/C25H52N2O.C2H6O4S/c1-7-24(27(5,6)8-2)26-25(28)22-20-18-16-14-12-10-9-11-13-15-17-19-21-23(3)4;1-2-6-7(3,4)5/h23-24H,7-22H2,1-6H3;2H2,1H3,(H,3,4,5). The second-order valence-corrected chi connectivity index (χ2v) is 11.6. The van der Waals surface area contributed by atoms with Crippen molar-refractivity contribution in [2.24, 2.45) is 5.92 Å². The molecule has 0 spiro atoms. The van der Waals surface area contributed by atoms with Crippen LogP contribution in [0.5, 0.6) is 0 Å². The van der Waals surface area contributed by atoms with Gasteiger partial charge in [0.15, 0.2) is 6.17 Å². The van der Waals surface area contributed by atoms with Crippen molar-refractivity contribution < 1.29 is 26.4 Å². The Morgan fingerprint density at radius 3 is 1.57 bits per heavy atom. The lowest BCUT2D eigenvalue weighted by Gasteiger charge is -2.36. The number of hydrogen-bond acceptors (Lipinski definition) is 5. The van der Waals surface area contributed by atoms with Gasteiger partial charge in [0.2, 0.25) is 16.3 Å². The number of amides is 1. The summed E-state index contributed by atoms with van der Waals surface area (Å²) in [6.45, 7) is 11.4. The highest BCUT2D eigenvalue weighted by Gasteiger charge is 2.25. The first-order valence-corrected chi connectivity index (χ1v) is 15.4. The number of rotatable bonds is 21. The molecule has 0 aliphatic rings. The zero-order chi connectivity index (χ0) is 27.2. The van der Waals surface area contributed by atoms with E-state index < -0.39 is 10.4 Å². The van der Waals surface area contributed by atoms with Gasteiger partial charge in [0, 0.05) is 12.8 Å². The zero-order valence-electron chi connectivity index (χ0n) is 24.1. The topological polar surface area (TPSA) is 95.5 Å². The van der Waals surface area contributed by atoms with E-state index in [0.29, 0.717) is 6.42 Å². The highest BCUT2D eigenvalue weighted by molar-refractivity contribution is 7.80. The van der Waals surface area contributed by atoms with Gasteiger partial charge in [0.25, 0.3) is 0 Å². The summed E-state index contributed by atoms with van der Waals surface area (Å²) in [5.74, 6) is 1.11. The second kappa shape index (κ2) is 22.5. The van der Waals surface area contributed by atoms with Crippen molar-refractivity contribution in [3.63, 3.8) is 0 Å². The largest absolute Gasteiger partial charge is 0.726 e. The minimum atomic E-state index is -4.42. The van der Waals surface area contributed by atoms with Crippen LogP contribution < -0.4 is 5.32 Å². The van der Waals surface area contributed by atoms with Crippen LogP contribution >= 0.6 is 0 Å². The van der Waals surface area contributed by atoms with Gasteiger partial charge in [-0.25, -0.2) is 8.42 Å². The smallest absolute Gasteiger partial charge is 0.224 e. The lowest BCUT2D eigenvalue weighted by Crippen LogP contribution is -2.57. The molecule has 0 aromatic heterocycles. The number of unbranched alkanes of at least 4 members (excludes halogenated alkanes) is 11. The van der Waals surface area contributed by atoms with Crippen LogP contribution in [0.4, 0.5) is 0 Å². The molecule has 0 rings (SSSR count). The summed E-state index contributed by atoms with van der Waals surface area (Å²) in [6, 6.07) is 0. The molecule has 1 atom stereocenters. The molecule has 7 nitrogen and oxygen atoms in total. The van der Waals surface area contributed by atoms with Gasteiger partial charge in [-0.2, -0.15) is 0 Å². The molecule has 0 aliphatic carbocycles. The molecule has 212 valence electrons. The Labute approximate surface area is 218 Å². The SMILES string of the molecule is CCC(NC(=O)CCCCCCCCCCCCCCC(C)C)[N+](C)(C)CC.CCOS(=O)(=O)[O-]. The van der Waals surface area contributed by atoms with Gasteiger partial charge < -0.3 is 14.4 Å².